The Hall–Kier alpha value is -2.39. The second kappa shape index (κ2) is 5.91. The summed E-state index contributed by atoms with van der Waals surface area (Å²) >= 11 is 3.59. The topological polar surface area (TPSA) is 38.4 Å². The number of halogens is 1. The van der Waals surface area contributed by atoms with Crippen LogP contribution in [0.4, 0.5) is 0 Å². The van der Waals surface area contributed by atoms with Gasteiger partial charge in [-0.3, -0.25) is 4.99 Å². The van der Waals surface area contributed by atoms with Crippen LogP contribution in [0.3, 0.4) is 0 Å². The number of benzene rings is 3. The minimum Gasteiger partial charge on any atom is -0.383 e. The van der Waals surface area contributed by atoms with E-state index in [0.717, 1.165) is 27.6 Å². The molecular formula is C21H17BrN2. The summed E-state index contributed by atoms with van der Waals surface area (Å²) in [5, 5.41) is 0. The van der Waals surface area contributed by atoms with Gasteiger partial charge in [0.2, 0.25) is 0 Å². The SMILES string of the molecule is NC1=NC(c2ccccc2)(c2cccc(Br)c2)Cc2ccccc21. The molecule has 24 heavy (non-hydrogen) atoms. The minimum atomic E-state index is -0.497. The second-order valence-electron chi connectivity index (χ2n) is 6.07. The molecule has 4 rings (SSSR count). The van der Waals surface area contributed by atoms with Crippen LogP contribution in [0.2, 0.25) is 0 Å². The fourth-order valence-corrected chi connectivity index (χ4v) is 3.86. The zero-order chi connectivity index (χ0) is 16.6. The van der Waals surface area contributed by atoms with Gasteiger partial charge in [0.25, 0.3) is 0 Å². The van der Waals surface area contributed by atoms with Crippen LogP contribution < -0.4 is 5.73 Å². The van der Waals surface area contributed by atoms with E-state index in [1.54, 1.807) is 0 Å². The molecule has 0 bridgehead atoms. The summed E-state index contributed by atoms with van der Waals surface area (Å²) in [7, 11) is 0. The Bertz CT molecular complexity index is 918. The number of amidine groups is 1. The van der Waals surface area contributed by atoms with E-state index < -0.39 is 5.54 Å². The average molecular weight is 377 g/mol. The van der Waals surface area contributed by atoms with E-state index in [9.17, 15) is 0 Å². The molecule has 0 saturated heterocycles. The van der Waals surface area contributed by atoms with Crippen molar-refractivity contribution < 1.29 is 0 Å². The first kappa shape index (κ1) is 15.2. The van der Waals surface area contributed by atoms with E-state index in [4.69, 9.17) is 10.7 Å². The summed E-state index contributed by atoms with van der Waals surface area (Å²) in [6.45, 7) is 0. The summed E-state index contributed by atoms with van der Waals surface area (Å²) in [5.41, 5.74) is 10.4. The van der Waals surface area contributed by atoms with Crippen molar-refractivity contribution in [2.75, 3.05) is 0 Å². The molecule has 1 heterocycles. The fraction of sp³-hybridized carbons (Fsp3) is 0.0952. The summed E-state index contributed by atoms with van der Waals surface area (Å²) in [6.07, 6.45) is 0.796. The van der Waals surface area contributed by atoms with Gasteiger partial charge >= 0.3 is 0 Å². The Labute approximate surface area is 150 Å². The zero-order valence-corrected chi connectivity index (χ0v) is 14.7. The Morgan fingerprint density at radius 1 is 0.833 bits per heavy atom. The monoisotopic (exact) mass is 376 g/mol. The number of nitrogens with two attached hydrogens (primary N) is 1. The van der Waals surface area contributed by atoms with Crippen LogP contribution in [0.25, 0.3) is 0 Å². The normalized spacial score (nSPS) is 19.5. The van der Waals surface area contributed by atoms with E-state index in [2.05, 4.69) is 70.5 Å². The third-order valence-electron chi connectivity index (χ3n) is 4.60. The van der Waals surface area contributed by atoms with Gasteiger partial charge in [0.05, 0.1) is 0 Å². The van der Waals surface area contributed by atoms with E-state index in [1.165, 1.54) is 5.56 Å². The molecule has 0 fully saturated rings. The smallest absolute Gasteiger partial charge is 0.127 e. The molecule has 3 aromatic rings. The minimum absolute atomic E-state index is 0.497. The molecule has 0 saturated carbocycles. The van der Waals surface area contributed by atoms with E-state index in [0.29, 0.717) is 5.84 Å². The molecule has 0 radical (unpaired) electrons. The van der Waals surface area contributed by atoms with Gasteiger partial charge in [-0.05, 0) is 28.8 Å². The lowest BCUT2D eigenvalue weighted by Gasteiger charge is -2.36. The maximum atomic E-state index is 6.37. The lowest BCUT2D eigenvalue weighted by molar-refractivity contribution is 0.530. The van der Waals surface area contributed by atoms with Gasteiger partial charge < -0.3 is 5.73 Å². The molecule has 1 unspecified atom stereocenters. The van der Waals surface area contributed by atoms with E-state index >= 15 is 0 Å². The Morgan fingerprint density at radius 2 is 1.54 bits per heavy atom. The Kier molecular flexibility index (Phi) is 3.73. The largest absolute Gasteiger partial charge is 0.383 e. The van der Waals surface area contributed by atoms with Crippen molar-refractivity contribution in [1.82, 2.24) is 0 Å². The van der Waals surface area contributed by atoms with Gasteiger partial charge in [0.15, 0.2) is 0 Å². The average Bonchev–Trinajstić information content (AvgIpc) is 2.62. The number of fused-ring (bicyclic) bond motifs is 1. The Morgan fingerprint density at radius 3 is 2.33 bits per heavy atom. The number of aliphatic imine (C=N–C) groups is 1. The van der Waals surface area contributed by atoms with Crippen LogP contribution in [0.5, 0.6) is 0 Å². The standard InChI is InChI=1S/C21H17BrN2/c22-18-11-6-10-17(13-18)21(16-8-2-1-3-9-16)14-15-7-4-5-12-19(15)20(23)24-21/h1-13H,14H2,(H2,23,24). The number of nitrogens with zero attached hydrogens (tertiary/aromatic N) is 1. The van der Waals surface area contributed by atoms with Crippen LogP contribution in [0.15, 0.2) is 88.3 Å². The molecule has 1 aliphatic heterocycles. The van der Waals surface area contributed by atoms with Crippen molar-refractivity contribution >= 4 is 21.8 Å². The van der Waals surface area contributed by atoms with Crippen LogP contribution in [0.1, 0.15) is 22.3 Å². The van der Waals surface area contributed by atoms with Crippen molar-refractivity contribution in [3.05, 3.63) is 106 Å². The molecule has 0 amide bonds. The lowest BCUT2D eigenvalue weighted by Crippen LogP contribution is -2.36. The van der Waals surface area contributed by atoms with Crippen LogP contribution >= 0.6 is 15.9 Å². The van der Waals surface area contributed by atoms with Crippen LogP contribution in [-0.4, -0.2) is 5.84 Å². The maximum absolute atomic E-state index is 6.37. The molecular weight excluding hydrogens is 360 g/mol. The van der Waals surface area contributed by atoms with E-state index in [1.807, 2.05) is 24.3 Å². The molecule has 0 aliphatic carbocycles. The number of rotatable bonds is 2. The van der Waals surface area contributed by atoms with Gasteiger partial charge in [-0.15, -0.1) is 0 Å². The maximum Gasteiger partial charge on any atom is 0.127 e. The van der Waals surface area contributed by atoms with E-state index in [-0.39, 0.29) is 0 Å². The van der Waals surface area contributed by atoms with Crippen LogP contribution in [0, 0.1) is 0 Å². The zero-order valence-electron chi connectivity index (χ0n) is 13.1. The first-order chi connectivity index (χ1) is 11.7. The molecule has 3 heteroatoms. The molecule has 1 aliphatic rings. The Balaban J connectivity index is 1.99. The highest BCUT2D eigenvalue weighted by atomic mass is 79.9. The van der Waals surface area contributed by atoms with Crippen molar-refractivity contribution in [3.8, 4) is 0 Å². The molecule has 2 nitrogen and oxygen atoms in total. The molecule has 118 valence electrons. The van der Waals surface area contributed by atoms with Gasteiger partial charge in [0, 0.05) is 16.5 Å². The summed E-state index contributed by atoms with van der Waals surface area (Å²) in [4.78, 5) is 5.01. The molecule has 1 atom stereocenters. The van der Waals surface area contributed by atoms with Gasteiger partial charge in [-0.1, -0.05) is 82.7 Å². The molecule has 3 aromatic carbocycles. The fourth-order valence-electron chi connectivity index (χ4n) is 3.46. The van der Waals surface area contributed by atoms with Crippen LogP contribution in [-0.2, 0) is 12.0 Å². The quantitative estimate of drug-likeness (QED) is 0.694. The van der Waals surface area contributed by atoms with Crippen molar-refractivity contribution in [1.29, 1.82) is 0 Å². The summed E-state index contributed by atoms with van der Waals surface area (Å²) in [6, 6.07) is 27.0. The second-order valence-corrected chi connectivity index (χ2v) is 6.98. The van der Waals surface area contributed by atoms with Crippen molar-refractivity contribution in [2.24, 2.45) is 10.7 Å². The summed E-state index contributed by atoms with van der Waals surface area (Å²) in [5.74, 6) is 0.598. The predicted octanol–water partition coefficient (Wildman–Crippen LogP) is 4.65. The summed E-state index contributed by atoms with van der Waals surface area (Å²) < 4.78 is 1.04. The highest BCUT2D eigenvalue weighted by Gasteiger charge is 2.38. The molecule has 0 aromatic heterocycles. The van der Waals surface area contributed by atoms with Gasteiger partial charge in [-0.25, -0.2) is 0 Å². The highest BCUT2D eigenvalue weighted by Crippen LogP contribution is 2.41. The van der Waals surface area contributed by atoms with Gasteiger partial charge in [-0.2, -0.15) is 0 Å². The number of hydrogen-bond donors (Lipinski definition) is 1. The third-order valence-corrected chi connectivity index (χ3v) is 5.10. The third kappa shape index (κ3) is 2.45. The first-order valence-electron chi connectivity index (χ1n) is 7.94. The van der Waals surface area contributed by atoms with Crippen molar-refractivity contribution in [3.63, 3.8) is 0 Å². The highest BCUT2D eigenvalue weighted by molar-refractivity contribution is 9.10. The molecule has 0 spiro atoms. The number of hydrogen-bond acceptors (Lipinski definition) is 2. The predicted molar refractivity (Wildman–Crippen MR) is 102 cm³/mol. The first-order valence-corrected chi connectivity index (χ1v) is 8.73. The van der Waals surface area contributed by atoms with Gasteiger partial charge in [0.1, 0.15) is 11.4 Å². The lowest BCUT2D eigenvalue weighted by atomic mass is 9.76. The van der Waals surface area contributed by atoms with Crippen molar-refractivity contribution in [2.45, 2.75) is 12.0 Å². The molecule has 2 N–H and O–H groups in total.